The molecule has 51 heavy (non-hydrogen) atoms. The SMILES string of the molecule is COc1ccc2c(O[C@@H]3C[C@H]4C(=O)N[C@H](C(=O)NS(=O)(=O)C5CC5)C/C=C\CCCCN(C)C(=O)[C@@H]4C3)cc(-c3nc(C(C)C)cs3)nc2c1C. The number of nitrogens with zero attached hydrogens (tertiary/aromatic N) is 3. The highest BCUT2D eigenvalue weighted by atomic mass is 32.2. The molecule has 12 nitrogen and oxygen atoms in total. The number of carbonyl (C=O) groups excluding carboxylic acids is 3. The molecule has 2 aromatic heterocycles. The van der Waals surface area contributed by atoms with Crippen LogP contribution in [0.4, 0.5) is 0 Å². The summed E-state index contributed by atoms with van der Waals surface area (Å²) in [5, 5.41) is 5.78. The molecule has 2 aliphatic carbocycles. The van der Waals surface area contributed by atoms with Gasteiger partial charge >= 0.3 is 0 Å². The number of aromatic nitrogens is 2. The van der Waals surface area contributed by atoms with Crippen LogP contribution >= 0.6 is 11.3 Å². The number of methoxy groups -OCH3 is 1. The number of ether oxygens (including phenoxy) is 2. The molecule has 1 aliphatic heterocycles. The van der Waals surface area contributed by atoms with Crippen molar-refractivity contribution in [2.24, 2.45) is 11.8 Å². The maximum Gasteiger partial charge on any atom is 0.256 e. The van der Waals surface area contributed by atoms with Gasteiger partial charge in [0.1, 0.15) is 34.3 Å². The van der Waals surface area contributed by atoms with E-state index in [1.807, 2.05) is 42.7 Å². The average molecular weight is 738 g/mol. The molecule has 0 bridgehead atoms. The zero-order chi connectivity index (χ0) is 36.4. The molecule has 0 radical (unpaired) electrons. The lowest BCUT2D eigenvalue weighted by atomic mass is 9.93. The molecule has 0 spiro atoms. The van der Waals surface area contributed by atoms with Crippen molar-refractivity contribution >= 4 is 50.0 Å². The number of thiazole rings is 1. The maximum absolute atomic E-state index is 14.0. The smallest absolute Gasteiger partial charge is 0.256 e. The monoisotopic (exact) mass is 737 g/mol. The number of fused-ring (bicyclic) bond motifs is 2. The van der Waals surface area contributed by atoms with E-state index >= 15 is 0 Å². The molecule has 3 aliphatic rings. The fraction of sp³-hybridized carbons (Fsp3) is 0.541. The summed E-state index contributed by atoms with van der Waals surface area (Å²) in [6.45, 7) is 6.68. The van der Waals surface area contributed by atoms with Crippen LogP contribution in [0.3, 0.4) is 0 Å². The quantitative estimate of drug-likeness (QED) is 0.295. The molecule has 3 aromatic rings. The van der Waals surface area contributed by atoms with Crippen LogP contribution < -0.4 is 19.5 Å². The van der Waals surface area contributed by atoms with Crippen molar-refractivity contribution in [3.8, 4) is 22.2 Å². The van der Waals surface area contributed by atoms with Crippen LogP contribution in [0.25, 0.3) is 21.6 Å². The van der Waals surface area contributed by atoms with E-state index in [0.717, 1.165) is 40.9 Å². The molecular formula is C37H47N5O7S2. The van der Waals surface area contributed by atoms with Crippen molar-refractivity contribution in [2.45, 2.75) is 95.5 Å². The van der Waals surface area contributed by atoms with E-state index in [1.165, 1.54) is 11.3 Å². The lowest BCUT2D eigenvalue weighted by molar-refractivity contribution is -0.140. The highest BCUT2D eigenvalue weighted by molar-refractivity contribution is 7.90. The van der Waals surface area contributed by atoms with Crippen LogP contribution in [0.2, 0.25) is 0 Å². The summed E-state index contributed by atoms with van der Waals surface area (Å²) >= 11 is 1.51. The minimum Gasteiger partial charge on any atom is -0.496 e. The molecule has 4 atom stereocenters. The topological polar surface area (TPSA) is 157 Å². The number of sulfonamides is 1. The van der Waals surface area contributed by atoms with Gasteiger partial charge in [0.05, 0.1) is 35.4 Å². The minimum atomic E-state index is -3.82. The molecule has 3 heterocycles. The first-order chi connectivity index (χ1) is 24.4. The van der Waals surface area contributed by atoms with Gasteiger partial charge in [-0.05, 0) is 76.3 Å². The molecule has 3 amide bonds. The molecule has 2 N–H and O–H groups in total. The van der Waals surface area contributed by atoms with Crippen LogP contribution in [-0.2, 0) is 24.4 Å². The minimum absolute atomic E-state index is 0.132. The predicted molar refractivity (Wildman–Crippen MR) is 196 cm³/mol. The third-order valence-electron chi connectivity index (χ3n) is 10.0. The van der Waals surface area contributed by atoms with Crippen molar-refractivity contribution in [3.63, 3.8) is 0 Å². The molecule has 14 heteroatoms. The lowest BCUT2D eigenvalue weighted by Crippen LogP contribution is -2.51. The second-order valence-corrected chi connectivity index (χ2v) is 17.0. The highest BCUT2D eigenvalue weighted by Crippen LogP contribution is 2.41. The van der Waals surface area contributed by atoms with E-state index < -0.39 is 51.1 Å². The zero-order valence-electron chi connectivity index (χ0n) is 29.8. The standard InChI is InChI=1S/C37H47N5O7S2/c1-21(2)30-20-50-36(40-30)29-19-32(25-14-15-31(48-5)22(3)33(25)38-29)49-23-17-26-27(18-23)37(45)42(4)16-10-8-6-7-9-11-28(39-34(26)43)35(44)41-51(46,47)24-12-13-24/h7,9,14-15,19-21,23-24,26-28H,6,8,10-13,16-18H2,1-5H3,(H,39,43)(H,41,44)/b9-7-/t23-,26-,27-,28+/m1/s1. The van der Waals surface area contributed by atoms with Crippen molar-refractivity contribution in [3.05, 3.63) is 47.0 Å². The highest BCUT2D eigenvalue weighted by Gasteiger charge is 2.46. The molecule has 1 aromatic carbocycles. The zero-order valence-corrected chi connectivity index (χ0v) is 31.4. The van der Waals surface area contributed by atoms with Gasteiger partial charge in [0, 0.05) is 36.0 Å². The van der Waals surface area contributed by atoms with E-state index in [-0.39, 0.29) is 31.1 Å². The second kappa shape index (κ2) is 15.3. The van der Waals surface area contributed by atoms with E-state index in [4.69, 9.17) is 19.4 Å². The predicted octanol–water partition coefficient (Wildman–Crippen LogP) is 5.25. The number of hydrogen-bond acceptors (Lipinski definition) is 10. The Morgan fingerprint density at radius 3 is 2.55 bits per heavy atom. The van der Waals surface area contributed by atoms with Crippen LogP contribution in [0.5, 0.6) is 11.5 Å². The van der Waals surface area contributed by atoms with E-state index in [0.29, 0.717) is 42.1 Å². The Kier molecular flexibility index (Phi) is 11.0. The van der Waals surface area contributed by atoms with Gasteiger partial charge in [0.25, 0.3) is 5.91 Å². The molecule has 0 saturated heterocycles. The second-order valence-electron chi connectivity index (χ2n) is 14.2. The van der Waals surface area contributed by atoms with Gasteiger partial charge in [-0.2, -0.15) is 0 Å². The third-order valence-corrected chi connectivity index (χ3v) is 12.8. The van der Waals surface area contributed by atoms with Crippen LogP contribution in [0.15, 0.2) is 35.7 Å². The Bertz CT molecular complexity index is 1940. The molecule has 6 rings (SSSR count). The number of hydrogen-bond donors (Lipinski definition) is 2. The first kappa shape index (κ1) is 36.7. The van der Waals surface area contributed by atoms with Crippen LogP contribution in [0, 0.1) is 18.8 Å². The number of amides is 3. The maximum atomic E-state index is 14.0. The summed E-state index contributed by atoms with van der Waals surface area (Å²) in [5.41, 5.74) is 3.18. The number of nitrogens with one attached hydrogen (secondary N) is 2. The Balaban J connectivity index is 1.31. The van der Waals surface area contributed by atoms with Gasteiger partial charge in [-0.25, -0.2) is 18.4 Å². The Labute approximate surface area is 303 Å². The molecule has 2 saturated carbocycles. The van der Waals surface area contributed by atoms with Gasteiger partial charge in [-0.3, -0.25) is 19.1 Å². The van der Waals surface area contributed by atoms with Gasteiger partial charge in [0.15, 0.2) is 0 Å². The first-order valence-electron chi connectivity index (χ1n) is 17.7. The normalized spacial score (nSPS) is 24.2. The third kappa shape index (κ3) is 8.22. The van der Waals surface area contributed by atoms with Gasteiger partial charge in [0.2, 0.25) is 21.8 Å². The molecule has 274 valence electrons. The number of pyridine rings is 1. The summed E-state index contributed by atoms with van der Waals surface area (Å²) in [4.78, 5) is 52.8. The number of rotatable bonds is 8. The van der Waals surface area contributed by atoms with Crippen LogP contribution in [-0.4, -0.2) is 79.1 Å². The summed E-state index contributed by atoms with van der Waals surface area (Å²) in [5.74, 6) is -1.40. The Hall–Kier alpha value is -4.04. The lowest BCUT2D eigenvalue weighted by Gasteiger charge is -2.26. The van der Waals surface area contributed by atoms with Gasteiger partial charge < -0.3 is 19.7 Å². The summed E-state index contributed by atoms with van der Waals surface area (Å²) in [6, 6.07) is 4.53. The Morgan fingerprint density at radius 2 is 1.84 bits per heavy atom. The van der Waals surface area contributed by atoms with E-state index in [9.17, 15) is 22.8 Å². The largest absolute Gasteiger partial charge is 0.496 e. The Morgan fingerprint density at radius 1 is 1.08 bits per heavy atom. The van der Waals surface area contributed by atoms with Crippen molar-refractivity contribution in [1.29, 1.82) is 0 Å². The molecule has 2 fully saturated rings. The van der Waals surface area contributed by atoms with Gasteiger partial charge in [-0.1, -0.05) is 26.0 Å². The number of allylic oxidation sites excluding steroid dienone is 1. The molecule has 0 unspecified atom stereocenters. The number of aryl methyl sites for hydroxylation is 1. The summed E-state index contributed by atoms with van der Waals surface area (Å²) in [6.07, 6.45) is 7.24. The van der Waals surface area contributed by atoms with Gasteiger partial charge in [-0.15, -0.1) is 11.3 Å². The summed E-state index contributed by atoms with van der Waals surface area (Å²) in [7, 11) is -0.446. The first-order valence-corrected chi connectivity index (χ1v) is 20.2. The van der Waals surface area contributed by atoms with Crippen molar-refractivity contribution in [2.75, 3.05) is 20.7 Å². The van der Waals surface area contributed by atoms with E-state index in [2.05, 4.69) is 23.9 Å². The van der Waals surface area contributed by atoms with Crippen molar-refractivity contribution < 1.29 is 32.3 Å². The number of carbonyl (C=O) groups is 3. The number of benzene rings is 1. The fourth-order valence-corrected chi connectivity index (χ4v) is 9.13. The van der Waals surface area contributed by atoms with Crippen LogP contribution in [0.1, 0.15) is 82.4 Å². The fourth-order valence-electron chi connectivity index (χ4n) is 6.84. The summed E-state index contributed by atoms with van der Waals surface area (Å²) < 4.78 is 39.8. The molecular weight excluding hydrogens is 691 g/mol. The average Bonchev–Trinajstić information content (AvgIpc) is 3.70. The van der Waals surface area contributed by atoms with E-state index in [1.54, 1.807) is 19.1 Å². The van der Waals surface area contributed by atoms with Crippen molar-refractivity contribution in [1.82, 2.24) is 24.9 Å².